The molecular formula is C25H50O2. The van der Waals surface area contributed by atoms with Crippen molar-refractivity contribution in [1.82, 2.24) is 0 Å². The van der Waals surface area contributed by atoms with Gasteiger partial charge in [-0.05, 0) is 32.1 Å². The van der Waals surface area contributed by atoms with Crippen molar-refractivity contribution in [3.05, 3.63) is 12.2 Å². The largest absolute Gasteiger partial charge is 0.481 e. The van der Waals surface area contributed by atoms with Crippen LogP contribution >= 0.6 is 0 Å². The van der Waals surface area contributed by atoms with Crippen LogP contribution < -0.4 is 0 Å². The van der Waals surface area contributed by atoms with Gasteiger partial charge in [0.15, 0.2) is 0 Å². The van der Waals surface area contributed by atoms with Crippen molar-refractivity contribution >= 4 is 5.97 Å². The van der Waals surface area contributed by atoms with E-state index in [1.807, 2.05) is 0 Å². The topological polar surface area (TPSA) is 37.3 Å². The average Bonchev–Trinajstić information content (AvgIpc) is 2.65. The third-order valence-corrected chi connectivity index (χ3v) is 4.86. The van der Waals surface area contributed by atoms with Gasteiger partial charge in [-0.3, -0.25) is 4.79 Å². The molecule has 0 aromatic carbocycles. The molecule has 0 spiro atoms. The number of aliphatic carboxylic acids is 1. The number of hydrogen-bond donors (Lipinski definition) is 1. The quantitative estimate of drug-likeness (QED) is 0.179. The Kier molecular flexibility index (Phi) is 28.9. The zero-order valence-corrected chi connectivity index (χ0v) is 18.9. The SMILES string of the molecule is CCCCCCC.CCCCCCCCC=CCCCCCCCC(=O)O. The number of unbranched alkanes of at least 4 members (excludes halogenated alkanes) is 15. The Hall–Kier alpha value is -0.790. The number of carboxylic acid groups (broad SMARTS) is 1. The lowest BCUT2D eigenvalue weighted by Crippen LogP contribution is -1.93. The van der Waals surface area contributed by atoms with Crippen molar-refractivity contribution in [2.45, 2.75) is 143 Å². The van der Waals surface area contributed by atoms with Crippen LogP contribution in [-0.2, 0) is 4.79 Å². The van der Waals surface area contributed by atoms with Gasteiger partial charge in [0.25, 0.3) is 0 Å². The van der Waals surface area contributed by atoms with Crippen LogP contribution in [0.1, 0.15) is 143 Å². The first-order valence-electron chi connectivity index (χ1n) is 12.1. The van der Waals surface area contributed by atoms with Gasteiger partial charge in [-0.1, -0.05) is 116 Å². The van der Waals surface area contributed by atoms with E-state index in [2.05, 4.69) is 32.9 Å². The summed E-state index contributed by atoms with van der Waals surface area (Å²) in [4.78, 5) is 10.3. The highest BCUT2D eigenvalue weighted by atomic mass is 16.4. The predicted molar refractivity (Wildman–Crippen MR) is 122 cm³/mol. The molecule has 0 rings (SSSR count). The number of hydrogen-bond acceptors (Lipinski definition) is 1. The molecule has 0 atom stereocenters. The Morgan fingerprint density at radius 3 is 1.30 bits per heavy atom. The van der Waals surface area contributed by atoms with E-state index in [0.717, 1.165) is 12.8 Å². The van der Waals surface area contributed by atoms with E-state index < -0.39 is 5.97 Å². The Morgan fingerprint density at radius 2 is 0.889 bits per heavy atom. The van der Waals surface area contributed by atoms with Crippen LogP contribution in [-0.4, -0.2) is 11.1 Å². The van der Waals surface area contributed by atoms with Gasteiger partial charge in [0.05, 0.1) is 0 Å². The highest BCUT2D eigenvalue weighted by molar-refractivity contribution is 5.66. The lowest BCUT2D eigenvalue weighted by Gasteiger charge is -1.99. The standard InChI is InChI=1S/C18H34O2.C7H16/c1-2-3-4-5-6-7-8-9-10-11-12-13-14-15-16-17-18(19)20;1-3-5-7-6-4-2/h9-10H,2-8,11-17H2,1H3,(H,19,20);3-7H2,1-2H3. The van der Waals surface area contributed by atoms with Crippen molar-refractivity contribution < 1.29 is 9.90 Å². The second kappa shape index (κ2) is 27.4. The Labute approximate surface area is 171 Å². The predicted octanol–water partition coefficient (Wildman–Crippen LogP) is 9.09. The summed E-state index contributed by atoms with van der Waals surface area (Å²) in [6.45, 7) is 6.75. The molecule has 0 aliphatic carbocycles. The van der Waals surface area contributed by atoms with Crippen LogP contribution in [0.4, 0.5) is 0 Å². The zero-order valence-electron chi connectivity index (χ0n) is 18.9. The van der Waals surface area contributed by atoms with E-state index in [4.69, 9.17) is 5.11 Å². The summed E-state index contributed by atoms with van der Waals surface area (Å²) in [5, 5.41) is 8.51. The summed E-state index contributed by atoms with van der Waals surface area (Å²) in [6.07, 6.45) is 28.2. The minimum atomic E-state index is -0.664. The highest BCUT2D eigenvalue weighted by Crippen LogP contribution is 2.09. The molecule has 0 aliphatic heterocycles. The van der Waals surface area contributed by atoms with Crippen LogP contribution in [0, 0.1) is 0 Å². The normalized spacial score (nSPS) is 10.8. The average molecular weight is 383 g/mol. The van der Waals surface area contributed by atoms with Crippen LogP contribution in [0.5, 0.6) is 0 Å². The fourth-order valence-corrected chi connectivity index (χ4v) is 3.02. The molecule has 0 aliphatic rings. The molecule has 0 bridgehead atoms. The van der Waals surface area contributed by atoms with E-state index in [1.54, 1.807) is 0 Å². The summed E-state index contributed by atoms with van der Waals surface area (Å²) in [7, 11) is 0. The van der Waals surface area contributed by atoms with Crippen molar-refractivity contribution in [2.24, 2.45) is 0 Å². The highest BCUT2D eigenvalue weighted by Gasteiger charge is 1.95. The number of rotatable bonds is 19. The monoisotopic (exact) mass is 382 g/mol. The van der Waals surface area contributed by atoms with Gasteiger partial charge in [-0.2, -0.15) is 0 Å². The molecule has 0 radical (unpaired) electrons. The first kappa shape index (κ1) is 28.4. The van der Waals surface area contributed by atoms with Crippen LogP contribution in [0.2, 0.25) is 0 Å². The van der Waals surface area contributed by atoms with E-state index in [9.17, 15) is 4.79 Å². The Bertz CT molecular complexity index is 293. The smallest absolute Gasteiger partial charge is 0.303 e. The molecule has 0 unspecified atom stereocenters. The van der Waals surface area contributed by atoms with Gasteiger partial charge in [0.2, 0.25) is 0 Å². The number of allylic oxidation sites excluding steroid dienone is 2. The maximum absolute atomic E-state index is 10.3. The van der Waals surface area contributed by atoms with E-state index in [-0.39, 0.29) is 0 Å². The summed E-state index contributed by atoms with van der Waals surface area (Å²) in [5.74, 6) is -0.664. The molecule has 0 aromatic rings. The van der Waals surface area contributed by atoms with Crippen LogP contribution in [0.25, 0.3) is 0 Å². The number of carbonyl (C=O) groups is 1. The molecule has 0 aromatic heterocycles. The van der Waals surface area contributed by atoms with E-state index >= 15 is 0 Å². The molecule has 162 valence electrons. The summed E-state index contributed by atoms with van der Waals surface area (Å²) >= 11 is 0. The Morgan fingerprint density at radius 1 is 0.556 bits per heavy atom. The second-order valence-corrected chi connectivity index (χ2v) is 7.79. The molecule has 0 saturated heterocycles. The molecule has 2 nitrogen and oxygen atoms in total. The summed E-state index contributed by atoms with van der Waals surface area (Å²) in [6, 6.07) is 0. The van der Waals surface area contributed by atoms with Gasteiger partial charge < -0.3 is 5.11 Å². The molecule has 27 heavy (non-hydrogen) atoms. The molecule has 0 amide bonds. The van der Waals surface area contributed by atoms with Gasteiger partial charge in [-0.15, -0.1) is 0 Å². The first-order valence-corrected chi connectivity index (χ1v) is 12.1. The zero-order chi connectivity index (χ0) is 20.4. The molecule has 0 heterocycles. The first-order chi connectivity index (χ1) is 13.2. The maximum Gasteiger partial charge on any atom is 0.303 e. The summed E-state index contributed by atoms with van der Waals surface area (Å²) in [5.41, 5.74) is 0. The maximum atomic E-state index is 10.3. The molecule has 0 saturated carbocycles. The summed E-state index contributed by atoms with van der Waals surface area (Å²) < 4.78 is 0. The minimum absolute atomic E-state index is 0.332. The second-order valence-electron chi connectivity index (χ2n) is 7.79. The van der Waals surface area contributed by atoms with Crippen LogP contribution in [0.15, 0.2) is 12.2 Å². The number of carboxylic acids is 1. The van der Waals surface area contributed by atoms with Gasteiger partial charge in [-0.25, -0.2) is 0 Å². The molecular weight excluding hydrogens is 332 g/mol. The van der Waals surface area contributed by atoms with Crippen molar-refractivity contribution in [2.75, 3.05) is 0 Å². The third kappa shape index (κ3) is 33.2. The fraction of sp³-hybridized carbons (Fsp3) is 0.880. The van der Waals surface area contributed by atoms with E-state index in [0.29, 0.717) is 6.42 Å². The lowest BCUT2D eigenvalue weighted by atomic mass is 10.1. The van der Waals surface area contributed by atoms with Crippen molar-refractivity contribution in [1.29, 1.82) is 0 Å². The molecule has 0 fully saturated rings. The fourth-order valence-electron chi connectivity index (χ4n) is 3.02. The molecule has 1 N–H and O–H groups in total. The van der Waals surface area contributed by atoms with E-state index in [1.165, 1.54) is 103 Å². The minimum Gasteiger partial charge on any atom is -0.481 e. The molecule has 2 heteroatoms. The van der Waals surface area contributed by atoms with Gasteiger partial charge in [0.1, 0.15) is 0 Å². The lowest BCUT2D eigenvalue weighted by molar-refractivity contribution is -0.137. The van der Waals surface area contributed by atoms with Crippen LogP contribution in [0.3, 0.4) is 0 Å². The van der Waals surface area contributed by atoms with Gasteiger partial charge in [0, 0.05) is 6.42 Å². The van der Waals surface area contributed by atoms with Gasteiger partial charge >= 0.3 is 5.97 Å². The Balaban J connectivity index is 0. The third-order valence-electron chi connectivity index (χ3n) is 4.86. The van der Waals surface area contributed by atoms with Crippen molar-refractivity contribution in [3.63, 3.8) is 0 Å². The van der Waals surface area contributed by atoms with Crippen molar-refractivity contribution in [3.8, 4) is 0 Å².